The molecule has 0 aliphatic rings. The van der Waals surface area contributed by atoms with E-state index in [9.17, 15) is 14.7 Å². The molecule has 1 atom stereocenters. The van der Waals surface area contributed by atoms with E-state index < -0.39 is 6.10 Å². The van der Waals surface area contributed by atoms with Gasteiger partial charge in [-0.15, -0.1) is 0 Å². The lowest BCUT2D eigenvalue weighted by Gasteiger charge is -2.15. The van der Waals surface area contributed by atoms with E-state index in [1.807, 2.05) is 0 Å². The third-order valence-electron chi connectivity index (χ3n) is 11.3. The van der Waals surface area contributed by atoms with Crippen LogP contribution in [0.25, 0.3) is 0 Å². The molecule has 0 heterocycles. The summed E-state index contributed by atoms with van der Waals surface area (Å²) < 4.78 is 10.7. The molecule has 374 valence electrons. The first-order valence-corrected chi connectivity index (χ1v) is 27.1. The summed E-state index contributed by atoms with van der Waals surface area (Å²) >= 11 is 0. The van der Waals surface area contributed by atoms with E-state index in [1.54, 1.807) is 0 Å². The molecule has 0 bridgehead atoms. The molecule has 0 aromatic carbocycles. The summed E-state index contributed by atoms with van der Waals surface area (Å²) in [6, 6.07) is 0. The zero-order chi connectivity index (χ0) is 47.7. The molecule has 0 aromatic heterocycles. The predicted molar refractivity (Wildman–Crippen MR) is 288 cm³/mol. The number of unbranched alkanes of at least 4 members (excludes halogenated alkanes) is 20. The lowest BCUT2D eigenvalue weighted by molar-refractivity contribution is -0.161. The van der Waals surface area contributed by atoms with Crippen LogP contribution in [-0.4, -0.2) is 36.4 Å². The molecule has 0 spiro atoms. The minimum absolute atomic E-state index is 0.0764. The van der Waals surface area contributed by atoms with Crippen LogP contribution in [-0.2, 0) is 19.1 Å². The van der Waals surface area contributed by atoms with Gasteiger partial charge in [0.2, 0.25) is 0 Å². The highest BCUT2D eigenvalue weighted by Crippen LogP contribution is 2.15. The van der Waals surface area contributed by atoms with Crippen molar-refractivity contribution >= 4 is 11.9 Å². The number of rotatable bonds is 48. The van der Waals surface area contributed by atoms with Crippen LogP contribution in [0.15, 0.2) is 122 Å². The first-order chi connectivity index (χ1) is 32.6. The topological polar surface area (TPSA) is 72.8 Å². The fraction of sp³-hybridized carbons (Fsp3) is 0.639. The SMILES string of the molecule is CC/C=C\C/C=C\C/C=C\C/C=C\C/C=C\C/C=C\CCCCCCCCCCCCC(=O)OC(CO)COC(=O)CCCCCCCCCCCC/C=C\C/C=C\C/C=C\C/C=C\CC. The molecule has 5 heteroatoms. The Morgan fingerprint density at radius 2 is 0.606 bits per heavy atom. The van der Waals surface area contributed by atoms with E-state index in [-0.39, 0.29) is 25.2 Å². The van der Waals surface area contributed by atoms with Crippen molar-refractivity contribution in [3.05, 3.63) is 122 Å². The monoisotopic (exact) mass is 913 g/mol. The van der Waals surface area contributed by atoms with Crippen molar-refractivity contribution in [2.75, 3.05) is 13.2 Å². The van der Waals surface area contributed by atoms with E-state index in [0.29, 0.717) is 12.8 Å². The zero-order valence-corrected chi connectivity index (χ0v) is 42.7. The van der Waals surface area contributed by atoms with E-state index in [4.69, 9.17) is 9.47 Å². The van der Waals surface area contributed by atoms with Crippen LogP contribution < -0.4 is 0 Å². The number of ether oxygens (including phenoxy) is 2. The number of esters is 2. The third kappa shape index (κ3) is 52.9. The molecule has 0 aliphatic heterocycles. The Bertz CT molecular complexity index is 1350. The number of aliphatic hydroxyl groups is 1. The van der Waals surface area contributed by atoms with Crippen molar-refractivity contribution in [3.63, 3.8) is 0 Å². The Morgan fingerprint density at radius 1 is 0.348 bits per heavy atom. The molecule has 0 rings (SSSR count). The first-order valence-electron chi connectivity index (χ1n) is 27.1. The fourth-order valence-electron chi connectivity index (χ4n) is 7.26. The van der Waals surface area contributed by atoms with Gasteiger partial charge in [0.15, 0.2) is 6.10 Å². The molecule has 0 aliphatic carbocycles. The van der Waals surface area contributed by atoms with Crippen molar-refractivity contribution in [2.45, 2.75) is 238 Å². The van der Waals surface area contributed by atoms with Crippen molar-refractivity contribution in [1.29, 1.82) is 0 Å². The third-order valence-corrected chi connectivity index (χ3v) is 11.3. The molecule has 0 aromatic rings. The number of carbonyl (C=O) groups is 2. The maximum absolute atomic E-state index is 12.3. The van der Waals surface area contributed by atoms with Crippen LogP contribution in [0, 0.1) is 0 Å². The molecule has 5 nitrogen and oxygen atoms in total. The van der Waals surface area contributed by atoms with Gasteiger partial charge in [-0.2, -0.15) is 0 Å². The second kappa shape index (κ2) is 55.6. The molecule has 0 radical (unpaired) electrons. The Labute approximate surface area is 407 Å². The average molecular weight is 913 g/mol. The Kier molecular flexibility index (Phi) is 52.5. The summed E-state index contributed by atoms with van der Waals surface area (Å²) in [5, 5.41) is 9.65. The predicted octanol–water partition coefficient (Wildman–Crippen LogP) is 18.3. The van der Waals surface area contributed by atoms with Crippen molar-refractivity contribution in [1.82, 2.24) is 0 Å². The lowest BCUT2D eigenvalue weighted by Crippen LogP contribution is -2.28. The molecule has 1 unspecified atom stereocenters. The highest BCUT2D eigenvalue weighted by Gasteiger charge is 2.16. The lowest BCUT2D eigenvalue weighted by atomic mass is 10.0. The normalized spacial score (nSPS) is 13.2. The summed E-state index contributed by atoms with van der Waals surface area (Å²) in [6.45, 7) is 3.91. The minimum Gasteiger partial charge on any atom is -0.462 e. The molecule has 66 heavy (non-hydrogen) atoms. The van der Waals surface area contributed by atoms with E-state index in [2.05, 4.69) is 135 Å². The van der Waals surface area contributed by atoms with Gasteiger partial charge in [-0.1, -0.05) is 238 Å². The van der Waals surface area contributed by atoms with Crippen LogP contribution in [0.2, 0.25) is 0 Å². The second-order valence-corrected chi connectivity index (χ2v) is 17.5. The van der Waals surface area contributed by atoms with Crippen LogP contribution in [0.4, 0.5) is 0 Å². The molecule has 0 amide bonds. The summed E-state index contributed by atoms with van der Waals surface area (Å²) in [4.78, 5) is 24.5. The number of hydrogen-bond acceptors (Lipinski definition) is 5. The standard InChI is InChI=1S/C61H100O5/c1-3-5-7-9-11-13-15-17-19-21-23-25-27-28-29-30-31-32-34-36-38-40-42-44-46-48-50-52-54-56-61(64)66-59(57-62)58-65-60(63)55-53-51-49-47-45-43-41-39-37-35-33-26-24-22-20-18-16-14-12-10-8-6-4-2/h5-8,11-14,17-20,23-26,28-29,31-32,59,62H,3-4,9-10,15-16,21-22,27,30,33-58H2,1-2H3/b7-5-,8-6-,13-11-,14-12-,19-17-,20-18-,25-23-,26-24-,29-28-,32-31-. The Balaban J connectivity index is 3.56. The van der Waals surface area contributed by atoms with Crippen molar-refractivity contribution < 1.29 is 24.2 Å². The van der Waals surface area contributed by atoms with E-state index in [0.717, 1.165) is 103 Å². The van der Waals surface area contributed by atoms with E-state index >= 15 is 0 Å². The van der Waals surface area contributed by atoms with Gasteiger partial charge in [0, 0.05) is 12.8 Å². The van der Waals surface area contributed by atoms with Crippen molar-refractivity contribution in [3.8, 4) is 0 Å². The Hall–Kier alpha value is -3.70. The maximum atomic E-state index is 12.3. The number of hydrogen-bond donors (Lipinski definition) is 1. The maximum Gasteiger partial charge on any atom is 0.306 e. The largest absolute Gasteiger partial charge is 0.462 e. The summed E-state index contributed by atoms with van der Waals surface area (Å²) in [6.07, 6.45) is 81.5. The molecule has 0 saturated carbocycles. The van der Waals surface area contributed by atoms with Crippen LogP contribution >= 0.6 is 0 Å². The fourth-order valence-corrected chi connectivity index (χ4v) is 7.26. The van der Waals surface area contributed by atoms with Crippen LogP contribution in [0.3, 0.4) is 0 Å². The highest BCUT2D eigenvalue weighted by atomic mass is 16.6. The average Bonchev–Trinajstić information content (AvgIpc) is 3.32. The van der Waals surface area contributed by atoms with E-state index in [1.165, 1.54) is 103 Å². The molecule has 0 saturated heterocycles. The second-order valence-electron chi connectivity index (χ2n) is 17.5. The van der Waals surface area contributed by atoms with Gasteiger partial charge in [0.25, 0.3) is 0 Å². The summed E-state index contributed by atoms with van der Waals surface area (Å²) in [7, 11) is 0. The van der Waals surface area contributed by atoms with Gasteiger partial charge in [-0.25, -0.2) is 0 Å². The van der Waals surface area contributed by atoms with Gasteiger partial charge >= 0.3 is 11.9 Å². The van der Waals surface area contributed by atoms with Gasteiger partial charge in [-0.3, -0.25) is 9.59 Å². The van der Waals surface area contributed by atoms with Gasteiger partial charge in [0.05, 0.1) is 6.61 Å². The Morgan fingerprint density at radius 3 is 0.909 bits per heavy atom. The molecular formula is C61H100O5. The number of aliphatic hydroxyl groups excluding tert-OH is 1. The number of carbonyl (C=O) groups excluding carboxylic acids is 2. The van der Waals surface area contributed by atoms with Crippen LogP contribution in [0.5, 0.6) is 0 Å². The molecule has 0 fully saturated rings. The van der Waals surface area contributed by atoms with Gasteiger partial charge in [-0.05, 0) is 103 Å². The first kappa shape index (κ1) is 62.3. The molecular weight excluding hydrogens is 813 g/mol. The quantitative estimate of drug-likeness (QED) is 0.0374. The summed E-state index contributed by atoms with van der Waals surface area (Å²) in [5.74, 6) is -0.605. The number of allylic oxidation sites excluding steroid dienone is 20. The summed E-state index contributed by atoms with van der Waals surface area (Å²) in [5.41, 5.74) is 0. The van der Waals surface area contributed by atoms with Crippen molar-refractivity contribution in [2.24, 2.45) is 0 Å². The minimum atomic E-state index is -0.785. The molecule has 1 N–H and O–H groups in total. The highest BCUT2D eigenvalue weighted by molar-refractivity contribution is 5.70. The van der Waals surface area contributed by atoms with Gasteiger partial charge in [0.1, 0.15) is 6.61 Å². The zero-order valence-electron chi connectivity index (χ0n) is 42.7. The van der Waals surface area contributed by atoms with Gasteiger partial charge < -0.3 is 14.6 Å². The smallest absolute Gasteiger partial charge is 0.306 e. The van der Waals surface area contributed by atoms with Crippen LogP contribution in [0.1, 0.15) is 232 Å².